The first-order valence-electron chi connectivity index (χ1n) is 9.67. The number of aromatic nitrogens is 4. The maximum Gasteiger partial charge on any atom is 0.143 e. The largest absolute Gasteiger partial charge is 0.392 e. The average molecular weight is 379 g/mol. The van der Waals surface area contributed by atoms with Crippen LogP contribution >= 0.6 is 0 Å². The van der Waals surface area contributed by atoms with Gasteiger partial charge in [-0.2, -0.15) is 0 Å². The predicted octanol–water partition coefficient (Wildman–Crippen LogP) is 3.02. The molecule has 1 saturated heterocycles. The first-order chi connectivity index (χ1) is 13.7. The van der Waals surface area contributed by atoms with Gasteiger partial charge >= 0.3 is 0 Å². The molecule has 0 radical (unpaired) electrons. The quantitative estimate of drug-likeness (QED) is 0.729. The van der Waals surface area contributed by atoms with Crippen molar-refractivity contribution in [3.63, 3.8) is 0 Å². The van der Waals surface area contributed by atoms with Gasteiger partial charge < -0.3 is 9.63 Å². The Morgan fingerprint density at radius 2 is 2.14 bits per heavy atom. The van der Waals surface area contributed by atoms with Crippen LogP contribution in [0.15, 0.2) is 35.2 Å². The molecule has 3 aromatic heterocycles. The van der Waals surface area contributed by atoms with Crippen molar-refractivity contribution in [2.75, 3.05) is 13.1 Å². The van der Waals surface area contributed by atoms with Gasteiger partial charge in [0.1, 0.15) is 5.76 Å². The Hall–Kier alpha value is -2.64. The lowest BCUT2D eigenvalue weighted by Crippen LogP contribution is -2.34. The van der Waals surface area contributed by atoms with Gasteiger partial charge in [0.05, 0.1) is 29.3 Å². The first-order valence-corrected chi connectivity index (χ1v) is 9.67. The molecule has 0 saturated carbocycles. The highest BCUT2D eigenvalue weighted by Crippen LogP contribution is 2.32. The summed E-state index contributed by atoms with van der Waals surface area (Å²) in [6, 6.07) is 4.02. The number of aliphatic hydroxyl groups excluding tert-OH is 1. The number of hydrogen-bond acceptors (Lipinski definition) is 7. The minimum atomic E-state index is -0.0594. The van der Waals surface area contributed by atoms with Crippen LogP contribution in [0.1, 0.15) is 47.2 Å². The SMILES string of the molecule is Cc1noc(C)c1-c1nc([C@H]2CCCN(Cc3cnccn3)C2)ccc1CO. The summed E-state index contributed by atoms with van der Waals surface area (Å²) in [7, 11) is 0. The van der Waals surface area contributed by atoms with Crippen molar-refractivity contribution in [3.05, 3.63) is 59.1 Å². The molecule has 1 aliphatic heterocycles. The van der Waals surface area contributed by atoms with E-state index in [9.17, 15) is 5.11 Å². The molecule has 0 aliphatic carbocycles. The van der Waals surface area contributed by atoms with Gasteiger partial charge in [0.15, 0.2) is 0 Å². The number of piperidine rings is 1. The van der Waals surface area contributed by atoms with Gasteiger partial charge in [-0.1, -0.05) is 11.2 Å². The molecule has 3 aromatic rings. The summed E-state index contributed by atoms with van der Waals surface area (Å²) in [6.45, 7) is 6.52. The normalized spacial score (nSPS) is 17.8. The number of rotatable bonds is 5. The standard InChI is InChI=1S/C21H25N5O2/c1-14-20(15(2)28-25-14)21-17(13-27)5-6-19(24-21)16-4-3-9-26(11-16)12-18-10-22-7-8-23-18/h5-8,10,16,27H,3-4,9,11-13H2,1-2H3/t16-/m0/s1. The number of hydrogen-bond donors (Lipinski definition) is 1. The summed E-state index contributed by atoms with van der Waals surface area (Å²) in [5.74, 6) is 1.07. The molecule has 4 rings (SSSR count). The molecule has 0 aromatic carbocycles. The summed E-state index contributed by atoms with van der Waals surface area (Å²) in [5.41, 5.74) is 5.30. The Kier molecular flexibility index (Phi) is 5.45. The molecule has 146 valence electrons. The van der Waals surface area contributed by atoms with Gasteiger partial charge in [0.2, 0.25) is 0 Å². The monoisotopic (exact) mass is 379 g/mol. The van der Waals surface area contributed by atoms with E-state index in [1.165, 1.54) is 0 Å². The van der Waals surface area contributed by atoms with Crippen molar-refractivity contribution in [2.24, 2.45) is 0 Å². The third-order valence-electron chi connectivity index (χ3n) is 5.37. The fraction of sp³-hybridized carbons (Fsp3) is 0.429. The number of aryl methyl sites for hydroxylation is 2. The summed E-state index contributed by atoms with van der Waals surface area (Å²) >= 11 is 0. The maximum absolute atomic E-state index is 9.79. The smallest absolute Gasteiger partial charge is 0.143 e. The summed E-state index contributed by atoms with van der Waals surface area (Å²) in [5, 5.41) is 13.8. The second kappa shape index (κ2) is 8.16. The van der Waals surface area contributed by atoms with Crippen LogP contribution in [-0.2, 0) is 13.2 Å². The molecule has 1 fully saturated rings. The molecule has 7 nitrogen and oxygen atoms in total. The van der Waals surface area contributed by atoms with Gasteiger partial charge in [-0.25, -0.2) is 0 Å². The number of likely N-dealkylation sites (tertiary alicyclic amines) is 1. The Balaban J connectivity index is 1.59. The second-order valence-electron chi connectivity index (χ2n) is 7.37. The van der Waals surface area contributed by atoms with E-state index in [1.54, 1.807) is 12.4 Å². The summed E-state index contributed by atoms with van der Waals surface area (Å²) in [4.78, 5) is 15.9. The molecular weight excluding hydrogens is 354 g/mol. The minimum absolute atomic E-state index is 0.0594. The Bertz CT molecular complexity index is 922. The predicted molar refractivity (Wildman–Crippen MR) is 104 cm³/mol. The van der Waals surface area contributed by atoms with Crippen LogP contribution in [-0.4, -0.2) is 43.2 Å². The van der Waals surface area contributed by atoms with E-state index in [2.05, 4.69) is 20.0 Å². The lowest BCUT2D eigenvalue weighted by Gasteiger charge is -2.32. The van der Waals surface area contributed by atoms with Crippen LogP contribution in [0.5, 0.6) is 0 Å². The molecule has 0 unspecified atom stereocenters. The molecular formula is C21H25N5O2. The molecule has 0 spiro atoms. The average Bonchev–Trinajstić information content (AvgIpc) is 3.06. The molecule has 4 heterocycles. The Labute approximate surface area is 164 Å². The van der Waals surface area contributed by atoms with Crippen molar-refractivity contribution in [2.45, 2.75) is 45.8 Å². The highest BCUT2D eigenvalue weighted by Gasteiger charge is 2.25. The van der Waals surface area contributed by atoms with E-state index < -0.39 is 0 Å². The zero-order valence-corrected chi connectivity index (χ0v) is 16.3. The van der Waals surface area contributed by atoms with Crippen molar-refractivity contribution in [1.29, 1.82) is 0 Å². The molecule has 0 bridgehead atoms. The number of nitrogens with zero attached hydrogens (tertiary/aromatic N) is 5. The van der Waals surface area contributed by atoms with Gasteiger partial charge in [-0.05, 0) is 39.3 Å². The second-order valence-corrected chi connectivity index (χ2v) is 7.37. The third kappa shape index (κ3) is 3.81. The highest BCUT2D eigenvalue weighted by molar-refractivity contribution is 5.67. The van der Waals surface area contributed by atoms with Crippen LogP contribution in [0.3, 0.4) is 0 Å². The number of pyridine rings is 1. The molecule has 28 heavy (non-hydrogen) atoms. The molecule has 7 heteroatoms. The molecule has 1 aliphatic rings. The zero-order valence-electron chi connectivity index (χ0n) is 16.3. The van der Waals surface area contributed by atoms with Crippen LogP contribution in [0.25, 0.3) is 11.3 Å². The van der Waals surface area contributed by atoms with Gasteiger partial charge in [-0.15, -0.1) is 0 Å². The zero-order chi connectivity index (χ0) is 19.5. The van der Waals surface area contributed by atoms with E-state index in [1.807, 2.05) is 32.2 Å². The first kappa shape index (κ1) is 18.7. The fourth-order valence-electron chi connectivity index (χ4n) is 3.98. The molecule has 1 N–H and O–H groups in total. The van der Waals surface area contributed by atoms with E-state index in [0.29, 0.717) is 5.92 Å². The topological polar surface area (TPSA) is 88.2 Å². The van der Waals surface area contributed by atoms with E-state index >= 15 is 0 Å². The van der Waals surface area contributed by atoms with E-state index in [4.69, 9.17) is 9.51 Å². The van der Waals surface area contributed by atoms with Crippen molar-refractivity contribution >= 4 is 0 Å². The Morgan fingerprint density at radius 1 is 1.25 bits per heavy atom. The number of aliphatic hydroxyl groups is 1. The van der Waals surface area contributed by atoms with Crippen LogP contribution in [0.2, 0.25) is 0 Å². The van der Waals surface area contributed by atoms with Gasteiger partial charge in [0, 0.05) is 48.9 Å². The third-order valence-corrected chi connectivity index (χ3v) is 5.37. The van der Waals surface area contributed by atoms with E-state index in [-0.39, 0.29) is 6.61 Å². The maximum atomic E-state index is 9.79. The van der Waals surface area contributed by atoms with Crippen molar-refractivity contribution in [3.8, 4) is 11.3 Å². The van der Waals surface area contributed by atoms with Crippen LogP contribution in [0.4, 0.5) is 0 Å². The van der Waals surface area contributed by atoms with E-state index in [0.717, 1.165) is 72.1 Å². The van der Waals surface area contributed by atoms with Gasteiger partial charge in [-0.3, -0.25) is 19.9 Å². The summed E-state index contributed by atoms with van der Waals surface area (Å²) < 4.78 is 5.33. The highest BCUT2D eigenvalue weighted by atomic mass is 16.5. The van der Waals surface area contributed by atoms with Crippen LogP contribution < -0.4 is 0 Å². The van der Waals surface area contributed by atoms with Crippen molar-refractivity contribution in [1.82, 2.24) is 25.0 Å². The lowest BCUT2D eigenvalue weighted by atomic mass is 9.93. The Morgan fingerprint density at radius 3 is 2.86 bits per heavy atom. The lowest BCUT2D eigenvalue weighted by molar-refractivity contribution is 0.196. The summed E-state index contributed by atoms with van der Waals surface area (Å²) in [6.07, 6.45) is 7.49. The molecule has 0 amide bonds. The molecule has 1 atom stereocenters. The van der Waals surface area contributed by atoms with Gasteiger partial charge in [0.25, 0.3) is 0 Å². The minimum Gasteiger partial charge on any atom is -0.392 e. The fourth-order valence-corrected chi connectivity index (χ4v) is 3.98. The van der Waals surface area contributed by atoms with Crippen LogP contribution in [0, 0.1) is 13.8 Å². The van der Waals surface area contributed by atoms with Crippen molar-refractivity contribution < 1.29 is 9.63 Å².